The maximum Gasteiger partial charge on any atom is 0.453 e. The summed E-state index contributed by atoms with van der Waals surface area (Å²) >= 11 is 0. The lowest BCUT2D eigenvalue weighted by molar-refractivity contribution is -0.265. The summed E-state index contributed by atoms with van der Waals surface area (Å²) in [6.07, 6.45) is -5.63. The van der Waals surface area contributed by atoms with Gasteiger partial charge in [-0.25, -0.2) is 0 Å². The third-order valence-corrected chi connectivity index (χ3v) is 2.54. The molecule has 2 aromatic carbocycles. The number of rotatable bonds is 2. The molecule has 0 saturated carbocycles. The number of hydrogen-bond donors (Lipinski definition) is 0. The second-order valence-corrected chi connectivity index (χ2v) is 3.83. The van der Waals surface area contributed by atoms with Crippen molar-refractivity contribution in [2.45, 2.75) is 12.1 Å². The van der Waals surface area contributed by atoms with Gasteiger partial charge in [-0.2, -0.15) is 22.0 Å². The van der Waals surface area contributed by atoms with Crippen molar-refractivity contribution < 1.29 is 22.0 Å². The Bertz CT molecular complexity index is 551. The molecular weight excluding hydrogens is 251 g/mol. The third kappa shape index (κ3) is 2.30. The van der Waals surface area contributed by atoms with E-state index in [1.165, 1.54) is 18.2 Å². The van der Waals surface area contributed by atoms with Crippen LogP contribution in [0.5, 0.6) is 0 Å². The zero-order valence-electron chi connectivity index (χ0n) is 9.01. The van der Waals surface area contributed by atoms with Crippen LogP contribution in [0.15, 0.2) is 42.5 Å². The summed E-state index contributed by atoms with van der Waals surface area (Å²) in [5.74, 6) is -4.84. The van der Waals surface area contributed by atoms with E-state index in [9.17, 15) is 22.0 Å². The Balaban J connectivity index is 2.44. The lowest BCUT2D eigenvalue weighted by atomic mass is 9.99. The van der Waals surface area contributed by atoms with E-state index in [4.69, 9.17) is 0 Å². The molecule has 18 heavy (non-hydrogen) atoms. The molecule has 0 heterocycles. The first-order valence-corrected chi connectivity index (χ1v) is 5.09. The third-order valence-electron chi connectivity index (χ3n) is 2.54. The highest BCUT2D eigenvalue weighted by molar-refractivity contribution is 5.86. The van der Waals surface area contributed by atoms with E-state index < -0.39 is 12.1 Å². The quantitative estimate of drug-likeness (QED) is 0.692. The van der Waals surface area contributed by atoms with Gasteiger partial charge in [-0.3, -0.25) is 0 Å². The Morgan fingerprint density at radius 2 is 1.39 bits per heavy atom. The SMILES string of the molecule is FC(F)(F)C(F)(F)[CH]c1cccc2ccccc12. The van der Waals surface area contributed by atoms with Gasteiger partial charge in [-0.05, 0) is 16.3 Å². The molecule has 1 radical (unpaired) electrons. The predicted molar refractivity (Wildman–Crippen MR) is 58.4 cm³/mol. The van der Waals surface area contributed by atoms with E-state index in [0.29, 0.717) is 10.8 Å². The molecule has 0 amide bonds. The molecule has 0 aliphatic heterocycles. The van der Waals surface area contributed by atoms with Gasteiger partial charge in [0, 0.05) is 0 Å². The lowest BCUT2D eigenvalue weighted by Gasteiger charge is -2.19. The van der Waals surface area contributed by atoms with E-state index >= 15 is 0 Å². The van der Waals surface area contributed by atoms with Gasteiger partial charge in [0.1, 0.15) is 0 Å². The number of hydrogen-bond acceptors (Lipinski definition) is 0. The summed E-state index contributed by atoms with van der Waals surface area (Å²) in [5, 5.41) is 0.980. The summed E-state index contributed by atoms with van der Waals surface area (Å²) in [6, 6.07) is 10.8. The van der Waals surface area contributed by atoms with Crippen LogP contribution in [-0.2, 0) is 0 Å². The van der Waals surface area contributed by atoms with Crippen LogP contribution in [0.4, 0.5) is 22.0 Å². The minimum Gasteiger partial charge on any atom is -0.196 e. The standard InChI is InChI=1S/C13H8F5/c14-12(15,13(16,17)18)8-10-6-3-5-9-4-1-2-7-11(9)10/h1-8H. The fourth-order valence-electron chi connectivity index (χ4n) is 1.65. The predicted octanol–water partition coefficient (Wildman–Crippen LogP) is 4.59. The van der Waals surface area contributed by atoms with Gasteiger partial charge in [0.15, 0.2) is 0 Å². The van der Waals surface area contributed by atoms with Crippen molar-refractivity contribution in [2.75, 3.05) is 0 Å². The van der Waals surface area contributed by atoms with Crippen molar-refractivity contribution in [2.24, 2.45) is 0 Å². The largest absolute Gasteiger partial charge is 0.453 e. The number of alkyl halides is 5. The summed E-state index contributed by atoms with van der Waals surface area (Å²) < 4.78 is 62.3. The van der Waals surface area contributed by atoms with Crippen LogP contribution in [0.25, 0.3) is 10.8 Å². The first-order valence-electron chi connectivity index (χ1n) is 5.09. The highest BCUT2D eigenvalue weighted by atomic mass is 19.4. The van der Waals surface area contributed by atoms with Crippen LogP contribution in [-0.4, -0.2) is 12.1 Å². The van der Waals surface area contributed by atoms with Crippen molar-refractivity contribution >= 4 is 10.8 Å². The van der Waals surface area contributed by atoms with Crippen molar-refractivity contribution in [3.63, 3.8) is 0 Å². The normalized spacial score (nSPS) is 12.9. The Labute approximate surface area is 100 Å². The van der Waals surface area contributed by atoms with Crippen LogP contribution in [0.1, 0.15) is 5.56 Å². The molecule has 0 aromatic heterocycles. The molecule has 0 spiro atoms. The van der Waals surface area contributed by atoms with Crippen molar-refractivity contribution in [3.05, 3.63) is 54.4 Å². The summed E-state index contributed by atoms with van der Waals surface area (Å²) in [4.78, 5) is 0. The van der Waals surface area contributed by atoms with Crippen molar-refractivity contribution in [1.82, 2.24) is 0 Å². The number of benzene rings is 2. The zero-order chi connectivity index (χ0) is 13.4. The smallest absolute Gasteiger partial charge is 0.196 e. The fraction of sp³-hybridized carbons (Fsp3) is 0.154. The number of halogens is 5. The van der Waals surface area contributed by atoms with E-state index in [-0.39, 0.29) is 12.0 Å². The molecule has 0 fully saturated rings. The van der Waals surface area contributed by atoms with E-state index in [1.807, 2.05) is 0 Å². The molecule has 95 valence electrons. The Morgan fingerprint density at radius 1 is 0.778 bits per heavy atom. The van der Waals surface area contributed by atoms with Crippen molar-refractivity contribution in [1.29, 1.82) is 0 Å². The number of fused-ring (bicyclic) bond motifs is 1. The van der Waals surface area contributed by atoms with Crippen LogP contribution in [0.2, 0.25) is 0 Å². The zero-order valence-corrected chi connectivity index (χ0v) is 9.01. The van der Waals surface area contributed by atoms with Gasteiger partial charge in [-0.15, -0.1) is 0 Å². The molecule has 0 atom stereocenters. The van der Waals surface area contributed by atoms with E-state index in [1.54, 1.807) is 24.3 Å². The summed E-state index contributed by atoms with van der Waals surface area (Å²) in [5.41, 5.74) is -0.129. The second-order valence-electron chi connectivity index (χ2n) is 3.83. The summed E-state index contributed by atoms with van der Waals surface area (Å²) in [6.45, 7) is 0. The van der Waals surface area contributed by atoms with Gasteiger partial charge < -0.3 is 0 Å². The molecule has 0 aliphatic rings. The summed E-state index contributed by atoms with van der Waals surface area (Å²) in [7, 11) is 0. The van der Waals surface area contributed by atoms with Crippen LogP contribution < -0.4 is 0 Å². The molecule has 0 bridgehead atoms. The minimum absolute atomic E-state index is 0.0463. The molecule has 0 nitrogen and oxygen atoms in total. The van der Waals surface area contributed by atoms with Gasteiger partial charge >= 0.3 is 12.1 Å². The maximum atomic E-state index is 13.0. The van der Waals surface area contributed by atoms with Gasteiger partial charge in [0.25, 0.3) is 0 Å². The second kappa shape index (κ2) is 4.23. The first kappa shape index (κ1) is 12.8. The highest BCUT2D eigenvalue weighted by Crippen LogP contribution is 2.40. The Kier molecular flexibility index (Phi) is 3.00. The van der Waals surface area contributed by atoms with E-state index in [0.717, 1.165) is 0 Å². The highest BCUT2D eigenvalue weighted by Gasteiger charge is 2.57. The topological polar surface area (TPSA) is 0 Å². The van der Waals surface area contributed by atoms with Crippen LogP contribution in [0, 0.1) is 6.42 Å². The molecule has 0 unspecified atom stereocenters. The molecule has 2 rings (SSSR count). The minimum atomic E-state index is -5.58. The monoisotopic (exact) mass is 259 g/mol. The van der Waals surface area contributed by atoms with Gasteiger partial charge in [0.05, 0.1) is 6.42 Å². The van der Waals surface area contributed by atoms with Crippen LogP contribution >= 0.6 is 0 Å². The fourth-order valence-corrected chi connectivity index (χ4v) is 1.65. The molecule has 2 aromatic rings. The average Bonchev–Trinajstić information content (AvgIpc) is 2.27. The molecular formula is C13H8F5. The van der Waals surface area contributed by atoms with Crippen molar-refractivity contribution in [3.8, 4) is 0 Å². The average molecular weight is 259 g/mol. The Hall–Kier alpha value is -1.65. The molecule has 0 aliphatic carbocycles. The van der Waals surface area contributed by atoms with Gasteiger partial charge in [-0.1, -0.05) is 42.5 Å². The Morgan fingerprint density at radius 3 is 2.06 bits per heavy atom. The lowest BCUT2D eigenvalue weighted by Crippen LogP contribution is -2.37. The molecule has 0 saturated heterocycles. The molecule has 0 N–H and O–H groups in total. The first-order chi connectivity index (χ1) is 8.31. The maximum absolute atomic E-state index is 13.0. The van der Waals surface area contributed by atoms with Crippen LogP contribution in [0.3, 0.4) is 0 Å². The van der Waals surface area contributed by atoms with Gasteiger partial charge in [0.2, 0.25) is 0 Å². The van der Waals surface area contributed by atoms with E-state index in [2.05, 4.69) is 0 Å². The molecule has 5 heteroatoms.